The maximum absolute atomic E-state index is 5.78. The first-order valence-corrected chi connectivity index (χ1v) is 6.44. The van der Waals surface area contributed by atoms with Crippen molar-refractivity contribution in [2.75, 3.05) is 23.7 Å². The van der Waals surface area contributed by atoms with E-state index in [0.29, 0.717) is 18.2 Å². The average molecular weight is 259 g/mol. The van der Waals surface area contributed by atoms with Crippen LogP contribution in [0.5, 0.6) is 0 Å². The lowest BCUT2D eigenvalue weighted by molar-refractivity contribution is 0.780. The average Bonchev–Trinajstić information content (AvgIpc) is 3.01. The fourth-order valence-electron chi connectivity index (χ4n) is 2.27. The second-order valence-corrected chi connectivity index (χ2v) is 4.74. The van der Waals surface area contributed by atoms with Gasteiger partial charge in [-0.3, -0.25) is 0 Å². The van der Waals surface area contributed by atoms with E-state index in [9.17, 15) is 0 Å². The van der Waals surface area contributed by atoms with E-state index in [-0.39, 0.29) is 5.95 Å². The molecule has 0 atom stereocenters. The summed E-state index contributed by atoms with van der Waals surface area (Å²) in [5.41, 5.74) is 5.78. The molecule has 1 fully saturated rings. The number of imidazole rings is 1. The molecule has 3 heterocycles. The molecule has 7 heteroatoms. The van der Waals surface area contributed by atoms with Gasteiger partial charge in [-0.2, -0.15) is 15.0 Å². The quantitative estimate of drug-likeness (QED) is 0.857. The lowest BCUT2D eigenvalue weighted by Crippen LogP contribution is -2.22. The zero-order valence-corrected chi connectivity index (χ0v) is 11.0. The summed E-state index contributed by atoms with van der Waals surface area (Å²) < 4.78 is 1.95. The van der Waals surface area contributed by atoms with E-state index in [0.717, 1.165) is 18.9 Å². The fraction of sp³-hybridized carbons (Fsp3) is 0.500. The molecular formula is C12H17N7. The smallest absolute Gasteiger partial charge is 0.230 e. The molecule has 0 saturated carbocycles. The molecule has 0 bridgehead atoms. The van der Waals surface area contributed by atoms with Crippen molar-refractivity contribution in [2.24, 2.45) is 7.05 Å². The van der Waals surface area contributed by atoms with Gasteiger partial charge in [-0.15, -0.1) is 0 Å². The van der Waals surface area contributed by atoms with Crippen molar-refractivity contribution in [1.82, 2.24) is 24.5 Å². The normalized spacial score (nSPS) is 15.1. The highest BCUT2D eigenvalue weighted by atomic mass is 15.3. The van der Waals surface area contributed by atoms with Gasteiger partial charge in [0.2, 0.25) is 11.9 Å². The summed E-state index contributed by atoms with van der Waals surface area (Å²) in [4.78, 5) is 19.3. The number of nitrogens with zero attached hydrogens (tertiary/aromatic N) is 6. The third-order valence-corrected chi connectivity index (χ3v) is 3.31. The molecule has 19 heavy (non-hydrogen) atoms. The number of aryl methyl sites for hydroxylation is 1. The molecule has 0 aromatic carbocycles. The molecule has 0 aliphatic carbocycles. The van der Waals surface area contributed by atoms with Crippen LogP contribution in [-0.2, 0) is 13.5 Å². The number of nitrogens with two attached hydrogens (primary N) is 1. The molecular weight excluding hydrogens is 242 g/mol. The van der Waals surface area contributed by atoms with Crippen molar-refractivity contribution in [3.05, 3.63) is 24.0 Å². The van der Waals surface area contributed by atoms with Crippen LogP contribution < -0.4 is 10.6 Å². The molecule has 2 aromatic heterocycles. The third kappa shape index (κ3) is 2.49. The highest BCUT2D eigenvalue weighted by molar-refractivity contribution is 5.35. The Labute approximate surface area is 111 Å². The molecule has 1 aliphatic heterocycles. The largest absolute Gasteiger partial charge is 0.368 e. The van der Waals surface area contributed by atoms with Gasteiger partial charge in [-0.25, -0.2) is 4.98 Å². The molecule has 100 valence electrons. The van der Waals surface area contributed by atoms with Gasteiger partial charge >= 0.3 is 0 Å². The molecule has 3 rings (SSSR count). The minimum atomic E-state index is 0.279. The lowest BCUT2D eigenvalue weighted by atomic mass is 10.4. The Morgan fingerprint density at radius 1 is 1.21 bits per heavy atom. The van der Waals surface area contributed by atoms with Crippen molar-refractivity contribution in [3.63, 3.8) is 0 Å². The first kappa shape index (κ1) is 11.9. The van der Waals surface area contributed by atoms with Gasteiger partial charge in [0.05, 0.1) is 6.42 Å². The predicted octanol–water partition coefficient (Wildman–Crippen LogP) is 0.378. The zero-order chi connectivity index (χ0) is 13.2. The van der Waals surface area contributed by atoms with Crippen LogP contribution in [0.1, 0.15) is 24.5 Å². The topological polar surface area (TPSA) is 85.8 Å². The summed E-state index contributed by atoms with van der Waals surface area (Å²) in [6.45, 7) is 1.98. The maximum Gasteiger partial charge on any atom is 0.230 e. The van der Waals surface area contributed by atoms with E-state index in [1.165, 1.54) is 12.8 Å². The number of anilines is 2. The molecule has 1 saturated heterocycles. The molecule has 0 unspecified atom stereocenters. The number of aromatic nitrogens is 5. The van der Waals surface area contributed by atoms with Crippen LogP contribution in [0.15, 0.2) is 12.4 Å². The predicted molar refractivity (Wildman–Crippen MR) is 71.7 cm³/mol. The fourth-order valence-corrected chi connectivity index (χ4v) is 2.27. The summed E-state index contributed by atoms with van der Waals surface area (Å²) >= 11 is 0. The van der Waals surface area contributed by atoms with E-state index in [1.54, 1.807) is 6.20 Å². The Hall–Kier alpha value is -2.18. The molecule has 0 radical (unpaired) electrons. The summed E-state index contributed by atoms with van der Waals surface area (Å²) in [5.74, 6) is 2.55. The molecule has 7 nitrogen and oxygen atoms in total. The Kier molecular flexibility index (Phi) is 3.02. The van der Waals surface area contributed by atoms with Gasteiger partial charge < -0.3 is 15.2 Å². The molecule has 1 aliphatic rings. The summed E-state index contributed by atoms with van der Waals surface area (Å²) in [5, 5.41) is 0. The molecule has 0 spiro atoms. The number of nitrogen functional groups attached to an aromatic ring is 1. The second-order valence-electron chi connectivity index (χ2n) is 4.74. The minimum absolute atomic E-state index is 0.279. The second kappa shape index (κ2) is 4.83. The van der Waals surface area contributed by atoms with E-state index < -0.39 is 0 Å². The highest BCUT2D eigenvalue weighted by Crippen LogP contribution is 2.16. The Bertz CT molecular complexity index is 571. The lowest BCUT2D eigenvalue weighted by Gasteiger charge is -2.15. The van der Waals surface area contributed by atoms with Crippen molar-refractivity contribution in [3.8, 4) is 0 Å². The van der Waals surface area contributed by atoms with Crippen LogP contribution in [0.25, 0.3) is 0 Å². The molecule has 2 aromatic rings. The van der Waals surface area contributed by atoms with Crippen LogP contribution in [-0.4, -0.2) is 37.6 Å². The van der Waals surface area contributed by atoms with Gasteiger partial charge in [-0.1, -0.05) is 0 Å². The van der Waals surface area contributed by atoms with Crippen molar-refractivity contribution in [2.45, 2.75) is 19.3 Å². The van der Waals surface area contributed by atoms with Gasteiger partial charge in [-0.05, 0) is 12.8 Å². The van der Waals surface area contributed by atoms with E-state index in [4.69, 9.17) is 5.73 Å². The molecule has 0 amide bonds. The van der Waals surface area contributed by atoms with Crippen LogP contribution in [0.2, 0.25) is 0 Å². The van der Waals surface area contributed by atoms with Crippen LogP contribution in [0, 0.1) is 0 Å². The van der Waals surface area contributed by atoms with Gasteiger partial charge in [0.1, 0.15) is 11.6 Å². The SMILES string of the molecule is Cn1ccnc1Cc1nc(N)nc(N2CCCC2)n1. The maximum atomic E-state index is 5.78. The van der Waals surface area contributed by atoms with Gasteiger partial charge in [0.25, 0.3) is 0 Å². The number of rotatable bonds is 3. The Balaban J connectivity index is 1.87. The first-order valence-electron chi connectivity index (χ1n) is 6.44. The summed E-state index contributed by atoms with van der Waals surface area (Å²) in [6.07, 6.45) is 6.60. The third-order valence-electron chi connectivity index (χ3n) is 3.31. The first-order chi connectivity index (χ1) is 9.22. The van der Waals surface area contributed by atoms with Crippen LogP contribution in [0.4, 0.5) is 11.9 Å². The van der Waals surface area contributed by atoms with E-state index in [2.05, 4.69) is 24.8 Å². The van der Waals surface area contributed by atoms with E-state index in [1.807, 2.05) is 17.8 Å². The zero-order valence-electron chi connectivity index (χ0n) is 11.0. The summed E-state index contributed by atoms with van der Waals surface area (Å²) in [6, 6.07) is 0. The Morgan fingerprint density at radius 2 is 2.00 bits per heavy atom. The van der Waals surface area contributed by atoms with Gasteiger partial charge in [0.15, 0.2) is 0 Å². The molecule has 2 N–H and O–H groups in total. The van der Waals surface area contributed by atoms with Crippen molar-refractivity contribution in [1.29, 1.82) is 0 Å². The summed E-state index contributed by atoms with van der Waals surface area (Å²) in [7, 11) is 1.95. The van der Waals surface area contributed by atoms with Crippen molar-refractivity contribution < 1.29 is 0 Å². The minimum Gasteiger partial charge on any atom is -0.368 e. The number of hydrogen-bond acceptors (Lipinski definition) is 6. The van der Waals surface area contributed by atoms with E-state index >= 15 is 0 Å². The van der Waals surface area contributed by atoms with Crippen LogP contribution >= 0.6 is 0 Å². The monoisotopic (exact) mass is 259 g/mol. The standard InChI is InChI=1S/C12H17N7/c1-18-7-4-14-10(18)8-9-15-11(13)17-12(16-9)19-5-2-3-6-19/h4,7H,2-3,5-6,8H2,1H3,(H2,13,15,16,17). The number of hydrogen-bond donors (Lipinski definition) is 1. The Morgan fingerprint density at radius 3 is 2.68 bits per heavy atom. The van der Waals surface area contributed by atoms with Crippen molar-refractivity contribution >= 4 is 11.9 Å². The van der Waals surface area contributed by atoms with Crippen LogP contribution in [0.3, 0.4) is 0 Å². The van der Waals surface area contributed by atoms with Gasteiger partial charge in [0, 0.05) is 32.5 Å². The highest BCUT2D eigenvalue weighted by Gasteiger charge is 2.17.